The molecule has 0 amide bonds. The standard InChI is InChI=1S/C21H20F3N5O/c1-13-14(2)27-19(15-5-8-25-9-6-15)28-20(13)29-10-7-17(12-29)30-18-4-3-16(11-26-18)21(22,23)24/h3-6,8-9,11,17H,7,10,12H2,1-2H3. The molecule has 0 bridgehead atoms. The van der Waals surface area contributed by atoms with E-state index >= 15 is 0 Å². The number of anilines is 1. The minimum Gasteiger partial charge on any atom is -0.472 e. The van der Waals surface area contributed by atoms with E-state index in [0.29, 0.717) is 12.4 Å². The van der Waals surface area contributed by atoms with Crippen LogP contribution < -0.4 is 9.64 Å². The van der Waals surface area contributed by atoms with E-state index < -0.39 is 11.7 Å². The van der Waals surface area contributed by atoms with Crippen LogP contribution in [0.2, 0.25) is 0 Å². The number of hydrogen-bond acceptors (Lipinski definition) is 6. The van der Waals surface area contributed by atoms with E-state index in [1.165, 1.54) is 6.07 Å². The molecule has 0 radical (unpaired) electrons. The van der Waals surface area contributed by atoms with Crippen molar-refractivity contribution in [3.05, 3.63) is 59.7 Å². The first-order valence-corrected chi connectivity index (χ1v) is 9.52. The summed E-state index contributed by atoms with van der Waals surface area (Å²) >= 11 is 0. The molecule has 3 aromatic heterocycles. The predicted molar refractivity (Wildman–Crippen MR) is 105 cm³/mol. The van der Waals surface area contributed by atoms with Gasteiger partial charge in [-0.3, -0.25) is 4.98 Å². The Morgan fingerprint density at radius 3 is 2.50 bits per heavy atom. The van der Waals surface area contributed by atoms with Gasteiger partial charge in [-0.2, -0.15) is 13.2 Å². The number of rotatable bonds is 4. The maximum absolute atomic E-state index is 12.7. The molecule has 156 valence electrons. The Balaban J connectivity index is 1.50. The largest absolute Gasteiger partial charge is 0.472 e. The van der Waals surface area contributed by atoms with Crippen molar-refractivity contribution in [2.75, 3.05) is 18.0 Å². The quantitative estimate of drug-likeness (QED) is 0.636. The van der Waals surface area contributed by atoms with Gasteiger partial charge in [-0.25, -0.2) is 15.0 Å². The molecule has 0 aliphatic carbocycles. The van der Waals surface area contributed by atoms with Gasteiger partial charge in [0.15, 0.2) is 5.82 Å². The molecule has 9 heteroatoms. The highest BCUT2D eigenvalue weighted by atomic mass is 19.4. The molecule has 0 aromatic carbocycles. The van der Waals surface area contributed by atoms with E-state index in [0.717, 1.165) is 47.9 Å². The van der Waals surface area contributed by atoms with Crippen LogP contribution in [0.3, 0.4) is 0 Å². The molecule has 0 spiro atoms. The summed E-state index contributed by atoms with van der Waals surface area (Å²) in [5.74, 6) is 1.65. The molecule has 4 rings (SSSR count). The van der Waals surface area contributed by atoms with Gasteiger partial charge in [0.2, 0.25) is 5.88 Å². The molecule has 3 aromatic rings. The summed E-state index contributed by atoms with van der Waals surface area (Å²) < 4.78 is 43.9. The highest BCUT2D eigenvalue weighted by Gasteiger charge is 2.31. The Hall–Kier alpha value is -3.23. The molecule has 1 saturated heterocycles. The number of hydrogen-bond donors (Lipinski definition) is 0. The topological polar surface area (TPSA) is 64.0 Å². The van der Waals surface area contributed by atoms with Gasteiger partial charge in [-0.05, 0) is 32.0 Å². The molecule has 1 fully saturated rings. The second-order valence-electron chi connectivity index (χ2n) is 7.17. The van der Waals surface area contributed by atoms with E-state index in [1.54, 1.807) is 12.4 Å². The highest BCUT2D eigenvalue weighted by Crippen LogP contribution is 2.31. The maximum atomic E-state index is 12.7. The summed E-state index contributed by atoms with van der Waals surface area (Å²) in [6.07, 6.45) is 0.309. The highest BCUT2D eigenvalue weighted by molar-refractivity contribution is 5.60. The van der Waals surface area contributed by atoms with Crippen molar-refractivity contribution in [3.63, 3.8) is 0 Å². The van der Waals surface area contributed by atoms with Gasteiger partial charge in [0, 0.05) is 54.4 Å². The lowest BCUT2D eigenvalue weighted by molar-refractivity contribution is -0.137. The van der Waals surface area contributed by atoms with E-state index in [2.05, 4.69) is 19.9 Å². The van der Waals surface area contributed by atoms with Crippen LogP contribution in [0.15, 0.2) is 42.9 Å². The summed E-state index contributed by atoms with van der Waals surface area (Å²) in [7, 11) is 0. The molecule has 1 atom stereocenters. The number of aryl methyl sites for hydroxylation is 1. The molecule has 30 heavy (non-hydrogen) atoms. The molecule has 0 N–H and O–H groups in total. The number of halogens is 3. The molecule has 1 aliphatic heterocycles. The molecule has 4 heterocycles. The number of nitrogens with zero attached hydrogens (tertiary/aromatic N) is 5. The molecule has 0 saturated carbocycles. The SMILES string of the molecule is Cc1nc(-c2ccncc2)nc(N2CCC(Oc3ccc(C(F)(F)F)cn3)C2)c1C. The van der Waals surface area contributed by atoms with Gasteiger partial charge in [-0.1, -0.05) is 0 Å². The minimum atomic E-state index is -4.41. The second kappa shape index (κ2) is 7.89. The third kappa shape index (κ3) is 4.19. The van der Waals surface area contributed by atoms with Crippen LogP contribution in [0.25, 0.3) is 11.4 Å². The van der Waals surface area contributed by atoms with E-state index in [4.69, 9.17) is 9.72 Å². The van der Waals surface area contributed by atoms with Crippen LogP contribution in [0, 0.1) is 13.8 Å². The molecule has 1 aliphatic rings. The van der Waals surface area contributed by atoms with Crippen LogP contribution in [0.4, 0.5) is 19.0 Å². The summed E-state index contributed by atoms with van der Waals surface area (Å²) in [6.45, 7) is 5.21. The first-order chi connectivity index (χ1) is 14.3. The van der Waals surface area contributed by atoms with Crippen molar-refractivity contribution < 1.29 is 17.9 Å². The Kier molecular flexibility index (Phi) is 5.27. The first kappa shape index (κ1) is 20.1. The summed E-state index contributed by atoms with van der Waals surface area (Å²) in [5, 5.41) is 0. The van der Waals surface area contributed by atoms with Crippen LogP contribution in [0.5, 0.6) is 5.88 Å². The van der Waals surface area contributed by atoms with Crippen molar-refractivity contribution >= 4 is 5.82 Å². The number of alkyl halides is 3. The van der Waals surface area contributed by atoms with Crippen LogP contribution in [-0.2, 0) is 6.18 Å². The predicted octanol–water partition coefficient (Wildman–Crippen LogP) is 4.23. The lowest BCUT2D eigenvalue weighted by Gasteiger charge is -2.21. The Labute approximate surface area is 171 Å². The minimum absolute atomic E-state index is 0.183. The van der Waals surface area contributed by atoms with Gasteiger partial charge >= 0.3 is 6.18 Å². The monoisotopic (exact) mass is 415 g/mol. The zero-order valence-corrected chi connectivity index (χ0v) is 16.5. The lowest BCUT2D eigenvalue weighted by atomic mass is 10.2. The van der Waals surface area contributed by atoms with Gasteiger partial charge < -0.3 is 9.64 Å². The van der Waals surface area contributed by atoms with Crippen LogP contribution in [0.1, 0.15) is 23.2 Å². The van der Waals surface area contributed by atoms with Crippen molar-refractivity contribution in [3.8, 4) is 17.3 Å². The summed E-state index contributed by atoms with van der Waals surface area (Å²) in [6, 6.07) is 5.96. The summed E-state index contributed by atoms with van der Waals surface area (Å²) in [4.78, 5) is 19.3. The van der Waals surface area contributed by atoms with Crippen molar-refractivity contribution in [2.24, 2.45) is 0 Å². The van der Waals surface area contributed by atoms with E-state index in [9.17, 15) is 13.2 Å². The normalized spacial score (nSPS) is 16.7. The van der Waals surface area contributed by atoms with Gasteiger partial charge in [0.25, 0.3) is 0 Å². The average Bonchev–Trinajstić information content (AvgIpc) is 3.18. The summed E-state index contributed by atoms with van der Waals surface area (Å²) in [5.41, 5.74) is 1.97. The fraction of sp³-hybridized carbons (Fsp3) is 0.333. The number of aromatic nitrogens is 4. The maximum Gasteiger partial charge on any atom is 0.417 e. The zero-order chi connectivity index (χ0) is 21.3. The first-order valence-electron chi connectivity index (χ1n) is 9.52. The van der Waals surface area contributed by atoms with Gasteiger partial charge in [-0.15, -0.1) is 0 Å². The lowest BCUT2D eigenvalue weighted by Crippen LogP contribution is -2.26. The molecular weight excluding hydrogens is 395 g/mol. The Morgan fingerprint density at radius 2 is 1.83 bits per heavy atom. The smallest absolute Gasteiger partial charge is 0.417 e. The molecule has 1 unspecified atom stereocenters. The zero-order valence-electron chi connectivity index (χ0n) is 16.5. The molecular formula is C21H20F3N5O. The van der Waals surface area contributed by atoms with E-state index in [1.807, 2.05) is 26.0 Å². The van der Waals surface area contributed by atoms with Gasteiger partial charge in [0.05, 0.1) is 12.1 Å². The third-order valence-electron chi connectivity index (χ3n) is 5.10. The van der Waals surface area contributed by atoms with Crippen molar-refractivity contribution in [1.82, 2.24) is 19.9 Å². The average molecular weight is 415 g/mol. The van der Waals surface area contributed by atoms with Crippen molar-refractivity contribution in [2.45, 2.75) is 32.5 Å². The van der Waals surface area contributed by atoms with Gasteiger partial charge in [0.1, 0.15) is 11.9 Å². The molecule has 6 nitrogen and oxygen atoms in total. The van der Waals surface area contributed by atoms with Crippen LogP contribution >= 0.6 is 0 Å². The Morgan fingerprint density at radius 1 is 1.07 bits per heavy atom. The number of ether oxygens (including phenoxy) is 1. The van der Waals surface area contributed by atoms with Crippen LogP contribution in [-0.4, -0.2) is 39.1 Å². The van der Waals surface area contributed by atoms with Crippen molar-refractivity contribution in [1.29, 1.82) is 0 Å². The second-order valence-corrected chi connectivity index (χ2v) is 7.17. The number of pyridine rings is 2. The van der Waals surface area contributed by atoms with E-state index in [-0.39, 0.29) is 12.0 Å². The fourth-order valence-corrected chi connectivity index (χ4v) is 3.36. The Bertz CT molecular complexity index is 1030. The third-order valence-corrected chi connectivity index (χ3v) is 5.10. The fourth-order valence-electron chi connectivity index (χ4n) is 3.36.